The van der Waals surface area contributed by atoms with Crippen molar-refractivity contribution in [2.24, 2.45) is 5.92 Å². The number of carbonyl (C=O) groups excluding carboxylic acids is 1. The highest BCUT2D eigenvalue weighted by atomic mass is 32.1. The molecule has 1 atom stereocenters. The van der Waals surface area contributed by atoms with Gasteiger partial charge < -0.3 is 10.2 Å². The van der Waals surface area contributed by atoms with Crippen molar-refractivity contribution < 1.29 is 4.79 Å². The van der Waals surface area contributed by atoms with Gasteiger partial charge in [0, 0.05) is 24.4 Å². The molecule has 1 saturated heterocycles. The van der Waals surface area contributed by atoms with Crippen molar-refractivity contribution >= 4 is 44.2 Å². The van der Waals surface area contributed by atoms with E-state index in [1.807, 2.05) is 43.3 Å². The van der Waals surface area contributed by atoms with Gasteiger partial charge in [-0.15, -0.1) is 11.3 Å². The van der Waals surface area contributed by atoms with Crippen LogP contribution in [0.5, 0.6) is 0 Å². The first kappa shape index (κ1) is 18.9. The van der Waals surface area contributed by atoms with Crippen molar-refractivity contribution in [1.29, 1.82) is 0 Å². The number of para-hydroxylation sites is 2. The minimum atomic E-state index is -0.0845. The van der Waals surface area contributed by atoms with Crippen LogP contribution in [-0.4, -0.2) is 33.9 Å². The average Bonchev–Trinajstić information content (AvgIpc) is 3.23. The van der Waals surface area contributed by atoms with E-state index in [0.29, 0.717) is 0 Å². The number of rotatable bonds is 4. The van der Waals surface area contributed by atoms with Crippen LogP contribution in [0.4, 0.5) is 5.82 Å². The quantitative estimate of drug-likeness (QED) is 0.535. The zero-order valence-electron chi connectivity index (χ0n) is 16.8. The lowest BCUT2D eigenvalue weighted by atomic mass is 9.95. The number of thiazole rings is 1. The van der Waals surface area contributed by atoms with Crippen LogP contribution in [0.3, 0.4) is 0 Å². The van der Waals surface area contributed by atoms with Gasteiger partial charge in [0.05, 0.1) is 21.8 Å². The number of anilines is 1. The summed E-state index contributed by atoms with van der Waals surface area (Å²) >= 11 is 1.64. The number of benzene rings is 2. The first-order chi connectivity index (χ1) is 14.7. The topological polar surface area (TPSA) is 71.0 Å². The van der Waals surface area contributed by atoms with Crippen LogP contribution in [0.25, 0.3) is 21.1 Å². The molecule has 0 spiro atoms. The number of hydrogen-bond acceptors (Lipinski definition) is 6. The predicted molar refractivity (Wildman–Crippen MR) is 121 cm³/mol. The fourth-order valence-electron chi connectivity index (χ4n) is 4.06. The summed E-state index contributed by atoms with van der Waals surface area (Å²) in [5.41, 5.74) is 1.94. The van der Waals surface area contributed by atoms with E-state index in [0.717, 1.165) is 57.9 Å². The first-order valence-corrected chi connectivity index (χ1v) is 11.1. The molecule has 1 N–H and O–H groups in total. The zero-order chi connectivity index (χ0) is 20.5. The van der Waals surface area contributed by atoms with Gasteiger partial charge in [0.1, 0.15) is 17.2 Å². The maximum Gasteiger partial charge on any atom is 0.223 e. The third-order valence-electron chi connectivity index (χ3n) is 5.73. The van der Waals surface area contributed by atoms with Crippen molar-refractivity contribution in [3.63, 3.8) is 0 Å². The molecule has 4 aromatic rings. The Balaban J connectivity index is 1.23. The van der Waals surface area contributed by atoms with E-state index in [1.165, 1.54) is 0 Å². The maximum atomic E-state index is 12.9. The number of nitrogens with one attached hydrogen (secondary N) is 1. The highest BCUT2D eigenvalue weighted by Crippen LogP contribution is 2.29. The second-order valence-electron chi connectivity index (χ2n) is 7.73. The Morgan fingerprint density at radius 2 is 1.80 bits per heavy atom. The second-order valence-corrected chi connectivity index (χ2v) is 8.79. The van der Waals surface area contributed by atoms with Crippen molar-refractivity contribution in [1.82, 2.24) is 20.3 Å². The summed E-state index contributed by atoms with van der Waals surface area (Å²) in [7, 11) is 0. The molecule has 152 valence electrons. The van der Waals surface area contributed by atoms with E-state index in [4.69, 9.17) is 0 Å². The van der Waals surface area contributed by atoms with Crippen LogP contribution in [0.2, 0.25) is 0 Å². The molecule has 1 amide bonds. The van der Waals surface area contributed by atoms with Gasteiger partial charge in [-0.05, 0) is 44.0 Å². The van der Waals surface area contributed by atoms with E-state index in [2.05, 4.69) is 37.3 Å². The van der Waals surface area contributed by atoms with E-state index in [-0.39, 0.29) is 17.9 Å². The minimum Gasteiger partial charge on any atom is -0.356 e. The van der Waals surface area contributed by atoms with Gasteiger partial charge in [0.15, 0.2) is 0 Å². The standard InChI is InChI=1S/C23H23N5OS/c1-15(23-27-19-8-4-5-9-20(19)30-23)26-22(29)16-10-12-28(13-11-16)21-17-6-2-3-7-18(17)24-14-25-21/h2-9,14-16H,10-13H2,1H3,(H,26,29). The second kappa shape index (κ2) is 7.99. The lowest BCUT2D eigenvalue weighted by Gasteiger charge is -2.33. The number of amides is 1. The number of hydrogen-bond donors (Lipinski definition) is 1. The van der Waals surface area contributed by atoms with Crippen molar-refractivity contribution in [2.45, 2.75) is 25.8 Å². The smallest absolute Gasteiger partial charge is 0.223 e. The highest BCUT2D eigenvalue weighted by Gasteiger charge is 2.27. The Bertz CT molecular complexity index is 1160. The predicted octanol–water partition coefficient (Wildman–Crippen LogP) is 4.33. The number of nitrogens with zero attached hydrogens (tertiary/aromatic N) is 4. The molecular formula is C23H23N5OS. The summed E-state index contributed by atoms with van der Waals surface area (Å²) in [4.78, 5) is 28.7. The Labute approximate surface area is 179 Å². The third-order valence-corrected chi connectivity index (χ3v) is 6.95. The van der Waals surface area contributed by atoms with Gasteiger partial charge >= 0.3 is 0 Å². The monoisotopic (exact) mass is 417 g/mol. The van der Waals surface area contributed by atoms with E-state index >= 15 is 0 Å². The van der Waals surface area contributed by atoms with Crippen LogP contribution < -0.4 is 10.2 Å². The molecule has 0 aliphatic carbocycles. The number of piperidine rings is 1. The van der Waals surface area contributed by atoms with E-state index < -0.39 is 0 Å². The molecule has 1 aliphatic heterocycles. The Morgan fingerprint density at radius 1 is 1.07 bits per heavy atom. The van der Waals surface area contributed by atoms with Crippen molar-refractivity contribution in [2.75, 3.05) is 18.0 Å². The Morgan fingerprint density at radius 3 is 2.60 bits per heavy atom. The Hall–Kier alpha value is -3.06. The molecule has 1 aliphatic rings. The molecule has 1 fully saturated rings. The molecule has 2 aromatic carbocycles. The van der Waals surface area contributed by atoms with Crippen LogP contribution in [0.15, 0.2) is 54.9 Å². The summed E-state index contributed by atoms with van der Waals surface area (Å²) in [6, 6.07) is 16.1. The van der Waals surface area contributed by atoms with Gasteiger partial charge in [0.25, 0.3) is 0 Å². The largest absolute Gasteiger partial charge is 0.356 e. The lowest BCUT2D eigenvalue weighted by molar-refractivity contribution is -0.126. The molecule has 7 heteroatoms. The fourth-order valence-corrected chi connectivity index (χ4v) is 5.03. The molecule has 3 heterocycles. The number of carbonyl (C=O) groups is 1. The van der Waals surface area contributed by atoms with Gasteiger partial charge in [-0.25, -0.2) is 15.0 Å². The van der Waals surface area contributed by atoms with E-state index in [1.54, 1.807) is 17.7 Å². The maximum absolute atomic E-state index is 12.9. The summed E-state index contributed by atoms with van der Waals surface area (Å²) < 4.78 is 1.15. The van der Waals surface area contributed by atoms with Gasteiger partial charge in [0.2, 0.25) is 5.91 Å². The molecule has 0 radical (unpaired) electrons. The molecule has 1 unspecified atom stereocenters. The zero-order valence-corrected chi connectivity index (χ0v) is 17.6. The van der Waals surface area contributed by atoms with Crippen LogP contribution in [0.1, 0.15) is 30.8 Å². The normalized spacial score (nSPS) is 16.1. The number of fused-ring (bicyclic) bond motifs is 2. The van der Waals surface area contributed by atoms with Crippen LogP contribution in [-0.2, 0) is 4.79 Å². The van der Waals surface area contributed by atoms with E-state index in [9.17, 15) is 4.79 Å². The highest BCUT2D eigenvalue weighted by molar-refractivity contribution is 7.18. The third kappa shape index (κ3) is 3.61. The molecule has 6 nitrogen and oxygen atoms in total. The molecule has 30 heavy (non-hydrogen) atoms. The minimum absolute atomic E-state index is 0.0196. The molecule has 5 rings (SSSR count). The summed E-state index contributed by atoms with van der Waals surface area (Å²) in [5, 5.41) is 5.19. The summed E-state index contributed by atoms with van der Waals surface area (Å²) in [6.07, 6.45) is 3.25. The molecule has 0 bridgehead atoms. The Kier molecular flexibility index (Phi) is 5.04. The molecular weight excluding hydrogens is 394 g/mol. The van der Waals surface area contributed by atoms with Gasteiger partial charge in [-0.1, -0.05) is 24.3 Å². The summed E-state index contributed by atoms with van der Waals surface area (Å²) in [6.45, 7) is 3.64. The van der Waals surface area contributed by atoms with Crippen molar-refractivity contribution in [3.05, 3.63) is 59.9 Å². The van der Waals surface area contributed by atoms with Gasteiger partial charge in [-0.3, -0.25) is 4.79 Å². The molecule has 2 aromatic heterocycles. The lowest BCUT2D eigenvalue weighted by Crippen LogP contribution is -2.41. The fraction of sp³-hybridized carbons (Fsp3) is 0.304. The number of aromatic nitrogens is 3. The van der Waals surface area contributed by atoms with Crippen molar-refractivity contribution in [3.8, 4) is 0 Å². The van der Waals surface area contributed by atoms with Gasteiger partial charge in [-0.2, -0.15) is 0 Å². The summed E-state index contributed by atoms with van der Waals surface area (Å²) in [5.74, 6) is 1.10. The first-order valence-electron chi connectivity index (χ1n) is 10.3. The SMILES string of the molecule is CC(NC(=O)C1CCN(c2ncnc3ccccc23)CC1)c1nc2ccccc2s1. The van der Waals surface area contributed by atoms with Crippen LogP contribution in [0, 0.1) is 5.92 Å². The van der Waals surface area contributed by atoms with Crippen LogP contribution >= 0.6 is 11.3 Å². The average molecular weight is 418 g/mol. The molecule has 0 saturated carbocycles.